The molecule has 9 saturated carbocycles. The van der Waals surface area contributed by atoms with Crippen molar-refractivity contribution in [3.63, 3.8) is 0 Å². The molecule has 0 aromatic heterocycles. The van der Waals surface area contributed by atoms with Crippen LogP contribution >= 0.6 is 102 Å². The van der Waals surface area contributed by atoms with Gasteiger partial charge in [-0.2, -0.15) is 0 Å². The Hall–Kier alpha value is 3.28. The van der Waals surface area contributed by atoms with Crippen molar-refractivity contribution in [3.05, 3.63) is 34.9 Å². The van der Waals surface area contributed by atoms with E-state index in [0.29, 0.717) is 51.0 Å². The van der Waals surface area contributed by atoms with Crippen LogP contribution in [0.25, 0.3) is 0 Å². The van der Waals surface area contributed by atoms with Crippen molar-refractivity contribution in [2.24, 2.45) is 104 Å². The van der Waals surface area contributed by atoms with Gasteiger partial charge in [-0.3, -0.25) is 9.59 Å². The number of hydrogen-bond acceptors (Lipinski definition) is 8. The fourth-order valence-corrected chi connectivity index (χ4v) is 24.3. The first-order valence-electron chi connectivity index (χ1n) is 35.9. The van der Waals surface area contributed by atoms with Gasteiger partial charge in [0.05, 0.1) is 38.6 Å². The monoisotopic (exact) mass is 1940 g/mol. The van der Waals surface area contributed by atoms with E-state index in [4.69, 9.17) is 65.0 Å². The van der Waals surface area contributed by atoms with Crippen molar-refractivity contribution in [1.82, 2.24) is 0 Å². The summed E-state index contributed by atoms with van der Waals surface area (Å²) in [4.78, 5) is 24.4. The van der Waals surface area contributed by atoms with E-state index in [2.05, 4.69) is 129 Å². The Labute approximate surface area is 624 Å². The molecule has 2 saturated heterocycles. The molecule has 14 rings (SSSR count). The Morgan fingerprint density at radius 1 is 0.538 bits per heavy atom. The van der Waals surface area contributed by atoms with Crippen LogP contribution in [0, 0.1) is 104 Å². The third-order valence-corrected chi connectivity index (χ3v) is 36.2. The van der Waals surface area contributed by atoms with Gasteiger partial charge in [-0.15, -0.1) is 0 Å². The van der Waals surface area contributed by atoms with Crippen LogP contribution in [0.1, 0.15) is 236 Å². The van der Waals surface area contributed by atoms with Crippen LogP contribution < -0.4 is 0 Å². The molecule has 2 heterocycles. The fourth-order valence-electron chi connectivity index (χ4n) is 24.3. The molecule has 93 heavy (non-hydrogen) atoms. The predicted molar refractivity (Wildman–Crippen MR) is 444 cm³/mol. The minimum absolute atomic E-state index is 0.115. The molecular weight excluding hydrogens is 1830 g/mol. The third-order valence-electron chi connectivity index (χ3n) is 28.6. The van der Waals surface area contributed by atoms with Gasteiger partial charge in [0.15, 0.2) is 11.6 Å². The number of fused-ring (bicyclic) bond motifs is 15. The third kappa shape index (κ3) is 17.1. The summed E-state index contributed by atoms with van der Waals surface area (Å²) < 4.78 is 24.3. The molecule has 0 amide bonds. The van der Waals surface area contributed by atoms with Crippen LogP contribution in [0.15, 0.2) is 34.9 Å². The quantitative estimate of drug-likeness (QED) is 0.159. The van der Waals surface area contributed by atoms with E-state index in [1.54, 1.807) is 16.2 Å². The summed E-state index contributed by atoms with van der Waals surface area (Å²) in [7, 11) is 15.3. The van der Waals surface area contributed by atoms with Crippen molar-refractivity contribution >= 4 is 169 Å². The molecule has 2 N–H and O–H groups in total. The fraction of sp³-hybridized carbons (Fsp3) is 0.886. The van der Waals surface area contributed by atoms with Gasteiger partial charge < -0.3 is 29.2 Å². The summed E-state index contributed by atoms with van der Waals surface area (Å²) in [6, 6.07) is 0. The predicted octanol–water partition coefficient (Wildman–Crippen LogP) is 17.2. The van der Waals surface area contributed by atoms with Crippen LogP contribution in [-0.2, 0) is 28.5 Å². The van der Waals surface area contributed by atoms with Gasteiger partial charge in [0.2, 0.25) is 0 Å². The van der Waals surface area contributed by atoms with E-state index in [-0.39, 0.29) is 39.0 Å². The molecule has 0 spiro atoms. The van der Waals surface area contributed by atoms with Crippen LogP contribution in [0.2, 0.25) is 0 Å². The van der Waals surface area contributed by atoms with Crippen LogP contribution in [-0.4, -0.2) is 127 Å². The Balaban J connectivity index is 0.000000148. The molecular formula is C70H108B9I6O8. The molecule has 0 aromatic carbocycles. The van der Waals surface area contributed by atoms with Crippen molar-refractivity contribution < 1.29 is 38.7 Å². The number of ether oxygens (including phenoxy) is 4. The number of aliphatic hydroxyl groups is 2. The molecule has 0 aromatic rings. The first-order valence-corrected chi connectivity index (χ1v) is 62.2. The van der Waals surface area contributed by atoms with Gasteiger partial charge in [0.25, 0.3) is 0 Å². The molecule has 12 aliphatic carbocycles. The number of halogens is 6. The Bertz CT molecular complexity index is 2640. The molecule has 0 bridgehead atoms. The number of carbonyl (C=O) groups is 2. The van der Waals surface area contributed by atoms with E-state index in [1.165, 1.54) is 121 Å². The SMILES string of the molecule is CC(=O)[C@H]1CC[C@H]2[C@@H]3CC=C4C[C@H](O)CCC[C@]4(C)[C@H]3CC[C@]12C.CC1([C@H]2CC[C@H]3[C@@H]4CC=C5CC(=O)CCC[C@]5(C)[C@H]4CC[C@]23C)OCCO1.CC1([C@H]2CC[C@H]3[C@@H]4CC=C5C[C@H](O)CCC[C@]5(C)[C@H]4CC[C@]23C)OCCO1.[B]B([B])I([B])I.[B]I([B])I.[B][B]I([B])I. The molecule has 505 valence electrons. The second-order valence-electron chi connectivity index (χ2n) is 32.9. The zero-order valence-corrected chi connectivity index (χ0v) is 71.0. The Morgan fingerprint density at radius 2 is 0.882 bits per heavy atom. The minimum atomic E-state index is -1.36. The molecule has 20 atom stereocenters. The van der Waals surface area contributed by atoms with Gasteiger partial charge in [0, 0.05) is 30.6 Å². The van der Waals surface area contributed by atoms with E-state index in [1.807, 2.05) is 6.92 Å². The van der Waals surface area contributed by atoms with Gasteiger partial charge >= 0.3 is 157 Å². The Kier molecular flexibility index (Phi) is 28.9. The number of allylic oxidation sites excluding steroid dienone is 4. The number of Topliss-reactive ketones (excluding diaryl/α,β-unsaturated/α-hetero) is 2. The summed E-state index contributed by atoms with van der Waals surface area (Å²) in [6.45, 7) is 24.3. The van der Waals surface area contributed by atoms with E-state index < -0.39 is 46.2 Å². The second kappa shape index (κ2) is 33.4. The number of aliphatic hydroxyl groups excluding tert-OH is 2. The van der Waals surface area contributed by atoms with Gasteiger partial charge in [0.1, 0.15) is 11.6 Å². The summed E-state index contributed by atoms with van der Waals surface area (Å²) in [5.41, 5.74) is 27.1. The van der Waals surface area contributed by atoms with Crippen LogP contribution in [0.5, 0.6) is 0 Å². The van der Waals surface area contributed by atoms with E-state index in [0.717, 1.165) is 137 Å². The molecule has 2 aliphatic heterocycles. The van der Waals surface area contributed by atoms with E-state index in [9.17, 15) is 19.8 Å². The van der Waals surface area contributed by atoms with Crippen molar-refractivity contribution in [2.75, 3.05) is 26.4 Å². The Morgan fingerprint density at radius 3 is 1.26 bits per heavy atom. The van der Waals surface area contributed by atoms with E-state index >= 15 is 0 Å². The number of ketones is 2. The number of hydrogen-bond donors (Lipinski definition) is 2. The maximum atomic E-state index is 12.2. The molecule has 0 unspecified atom stereocenters. The molecule has 14 aliphatic rings. The normalized spacial score (nSPS) is 44.1. The summed E-state index contributed by atoms with van der Waals surface area (Å²) in [5.74, 6) is 8.51. The van der Waals surface area contributed by atoms with Crippen LogP contribution in [0.4, 0.5) is 0 Å². The second-order valence-corrected chi connectivity index (χ2v) is 58.9. The zero-order valence-electron chi connectivity index (χ0n) is 58.0. The van der Waals surface area contributed by atoms with Crippen molar-refractivity contribution in [1.29, 1.82) is 0 Å². The van der Waals surface area contributed by atoms with Gasteiger partial charge in [-0.1, -0.05) is 76.5 Å². The molecule has 11 fully saturated rings. The standard InChI is InChI=1S/C24H38O3.C24H36O3.C22H34O2.B4I2.B3I2.B2I2/c2*1-22-11-4-5-17(25)15-16(22)6-7-18-19-8-9-21(24(3)26-13-14-27-24)23(19,2)12-10-20(18)22;1-14(23)18-8-9-19-17-7-6-15-13-16(24)5-4-11-21(15,2)20(17)10-12-22(18,19)3;1-4(2)6(3)5;1-3-5(2)4;1-4(2)3/h6,17-21,25H,4-5,7-15H2,1-3H3;6,18-21H,4-5,7-15H2,1-3H3;6,16-20,24H,4-5,7-13H2,1-3H3;;;/t17-,18+,19+,20+,21+,22+,23+;18-,19-,20-,21-,22-,23-;16-,17+,18-,19+,20+,21+,22-;;;/m101.../s1. The number of carbonyl (C=O) groups excluding carboxylic acids is 2. The van der Waals surface area contributed by atoms with Crippen LogP contribution in [0.3, 0.4) is 0 Å². The number of rotatable bonds is 5. The topological polar surface area (TPSA) is 112 Å². The van der Waals surface area contributed by atoms with Crippen molar-refractivity contribution in [3.8, 4) is 0 Å². The summed E-state index contributed by atoms with van der Waals surface area (Å²) in [6.07, 6.45) is 38.7. The molecule has 8 nitrogen and oxygen atoms in total. The average molecular weight is 1940 g/mol. The van der Waals surface area contributed by atoms with Crippen molar-refractivity contribution in [2.45, 2.75) is 259 Å². The maximum absolute atomic E-state index is 12.2. The zero-order chi connectivity index (χ0) is 67.9. The summed E-state index contributed by atoms with van der Waals surface area (Å²) in [5, 5.41) is 22.2. The van der Waals surface area contributed by atoms with Gasteiger partial charge in [-0.05, 0) is 267 Å². The first kappa shape index (κ1) is 80.4. The average Bonchev–Trinajstić information content (AvgIpc) is 1.71. The molecule has 15 radical (unpaired) electrons. The first-order chi connectivity index (χ1) is 43.7. The summed E-state index contributed by atoms with van der Waals surface area (Å²) >= 11 is 2.52. The van der Waals surface area contributed by atoms with Gasteiger partial charge in [-0.25, -0.2) is 0 Å². The molecule has 23 heteroatoms.